The number of piperidine rings is 1. The van der Waals surface area contributed by atoms with Gasteiger partial charge in [-0.2, -0.15) is 0 Å². The molecular weight excluding hydrogens is 440 g/mol. The lowest BCUT2D eigenvalue weighted by molar-refractivity contribution is -0.118. The van der Waals surface area contributed by atoms with Gasteiger partial charge in [-0.25, -0.2) is 4.79 Å². The number of hydrogen-bond donors (Lipinski definition) is 1. The predicted octanol–water partition coefficient (Wildman–Crippen LogP) is 4.80. The highest BCUT2D eigenvalue weighted by atomic mass is 32.1. The van der Waals surface area contributed by atoms with Crippen LogP contribution < -0.4 is 5.32 Å². The van der Waals surface area contributed by atoms with E-state index < -0.39 is 5.97 Å². The molecule has 2 aromatic heterocycles. The predicted molar refractivity (Wildman–Crippen MR) is 127 cm³/mol. The van der Waals surface area contributed by atoms with Gasteiger partial charge in [0.05, 0.1) is 32.1 Å². The van der Waals surface area contributed by atoms with Gasteiger partial charge < -0.3 is 19.2 Å². The number of carbonyl (C=O) groups excluding carboxylic acids is 2. The van der Waals surface area contributed by atoms with Gasteiger partial charge in [0.2, 0.25) is 5.91 Å². The maximum Gasteiger partial charge on any atom is 0.341 e. The zero-order valence-electron chi connectivity index (χ0n) is 18.6. The smallest absolute Gasteiger partial charge is 0.341 e. The van der Waals surface area contributed by atoms with Crippen LogP contribution in [0.2, 0.25) is 0 Å². The summed E-state index contributed by atoms with van der Waals surface area (Å²) in [6.07, 6.45) is 3.52. The fourth-order valence-corrected chi connectivity index (χ4v) is 4.81. The van der Waals surface area contributed by atoms with Crippen LogP contribution in [-0.4, -0.2) is 49.1 Å². The molecule has 3 aromatic rings. The van der Waals surface area contributed by atoms with Crippen LogP contribution in [0.4, 0.5) is 5.00 Å². The highest BCUT2D eigenvalue weighted by molar-refractivity contribution is 7.15. The molecule has 7 nitrogen and oxygen atoms in total. The van der Waals surface area contributed by atoms with Crippen molar-refractivity contribution < 1.29 is 23.5 Å². The van der Waals surface area contributed by atoms with E-state index >= 15 is 0 Å². The third-order valence-electron chi connectivity index (χ3n) is 5.54. The first-order valence-corrected chi connectivity index (χ1v) is 12.0. The van der Waals surface area contributed by atoms with Crippen molar-refractivity contribution in [3.63, 3.8) is 0 Å². The monoisotopic (exact) mass is 468 g/mol. The van der Waals surface area contributed by atoms with Crippen molar-refractivity contribution in [2.45, 2.75) is 32.5 Å². The fourth-order valence-electron chi connectivity index (χ4n) is 3.86. The Labute approximate surface area is 197 Å². The Kier molecular flexibility index (Phi) is 7.93. The molecule has 1 amide bonds. The zero-order valence-corrected chi connectivity index (χ0v) is 19.4. The van der Waals surface area contributed by atoms with Gasteiger partial charge in [0, 0.05) is 24.0 Å². The number of ether oxygens (including phenoxy) is 2. The quantitative estimate of drug-likeness (QED) is 0.454. The molecule has 4 rings (SSSR count). The summed E-state index contributed by atoms with van der Waals surface area (Å²) in [4.78, 5) is 27.4. The summed E-state index contributed by atoms with van der Waals surface area (Å²) in [6, 6.07) is 13.7. The number of furan rings is 1. The second-order valence-electron chi connectivity index (χ2n) is 7.87. The topological polar surface area (TPSA) is 81.0 Å². The van der Waals surface area contributed by atoms with Gasteiger partial charge in [-0.15, -0.1) is 11.3 Å². The van der Waals surface area contributed by atoms with Crippen LogP contribution >= 0.6 is 11.3 Å². The first kappa shape index (κ1) is 23.2. The molecule has 0 spiro atoms. The Morgan fingerprint density at radius 2 is 1.94 bits per heavy atom. The number of nitrogens with one attached hydrogen (secondary N) is 1. The van der Waals surface area contributed by atoms with Crippen LogP contribution in [0.1, 0.15) is 35.7 Å². The van der Waals surface area contributed by atoms with Gasteiger partial charge in [-0.3, -0.25) is 9.69 Å². The summed E-state index contributed by atoms with van der Waals surface area (Å²) in [5, 5.41) is 5.18. The average Bonchev–Trinajstić information content (AvgIpc) is 3.49. The molecule has 0 aliphatic carbocycles. The van der Waals surface area contributed by atoms with Gasteiger partial charge in [-0.05, 0) is 37.5 Å². The number of carbonyl (C=O) groups is 2. The molecule has 1 aromatic carbocycles. The fraction of sp³-hybridized carbons (Fsp3) is 0.360. The van der Waals surface area contributed by atoms with Gasteiger partial charge in [-0.1, -0.05) is 30.3 Å². The van der Waals surface area contributed by atoms with Gasteiger partial charge >= 0.3 is 5.97 Å². The Morgan fingerprint density at radius 1 is 1.15 bits per heavy atom. The molecule has 0 bridgehead atoms. The van der Waals surface area contributed by atoms with Crippen LogP contribution in [0.3, 0.4) is 0 Å². The highest BCUT2D eigenvalue weighted by Crippen LogP contribution is 2.36. The maximum absolute atomic E-state index is 12.7. The SMILES string of the molecule is CCOC(=O)c1c(-c2ccco2)csc1NC(=O)CN1CCC(OCc2ccccc2)CC1. The molecule has 0 radical (unpaired) electrons. The summed E-state index contributed by atoms with van der Waals surface area (Å²) in [5.74, 6) is -0.0683. The summed E-state index contributed by atoms with van der Waals surface area (Å²) in [5.41, 5.74) is 2.12. The number of likely N-dealkylation sites (tertiary alicyclic amines) is 1. The summed E-state index contributed by atoms with van der Waals surface area (Å²) < 4.78 is 16.7. The molecule has 1 aliphatic rings. The number of hydrogen-bond acceptors (Lipinski definition) is 7. The molecule has 3 heterocycles. The van der Waals surface area contributed by atoms with Gasteiger partial charge in [0.1, 0.15) is 16.3 Å². The van der Waals surface area contributed by atoms with Gasteiger partial charge in [0.15, 0.2) is 0 Å². The van der Waals surface area contributed by atoms with E-state index in [1.54, 1.807) is 30.7 Å². The third kappa shape index (κ3) is 6.10. The Bertz CT molecular complexity index is 1040. The van der Waals surface area contributed by atoms with E-state index in [1.807, 2.05) is 18.2 Å². The minimum Gasteiger partial charge on any atom is -0.464 e. The normalized spacial score (nSPS) is 14.8. The van der Waals surface area contributed by atoms with E-state index in [2.05, 4.69) is 22.3 Å². The van der Waals surface area contributed by atoms with Crippen molar-refractivity contribution in [1.82, 2.24) is 4.90 Å². The van der Waals surface area contributed by atoms with E-state index in [1.165, 1.54) is 16.9 Å². The van der Waals surface area contributed by atoms with Crippen molar-refractivity contribution in [2.24, 2.45) is 0 Å². The molecule has 0 unspecified atom stereocenters. The minimum absolute atomic E-state index is 0.156. The summed E-state index contributed by atoms with van der Waals surface area (Å²) in [6.45, 7) is 4.46. The van der Waals surface area contributed by atoms with E-state index in [0.29, 0.717) is 28.5 Å². The van der Waals surface area contributed by atoms with Crippen LogP contribution in [-0.2, 0) is 20.9 Å². The van der Waals surface area contributed by atoms with Crippen molar-refractivity contribution in [1.29, 1.82) is 0 Å². The van der Waals surface area contributed by atoms with E-state index in [9.17, 15) is 9.59 Å². The molecule has 0 saturated carbocycles. The molecule has 1 aliphatic heterocycles. The second-order valence-corrected chi connectivity index (χ2v) is 8.75. The maximum atomic E-state index is 12.7. The Hall–Kier alpha value is -2.94. The number of thiophene rings is 1. The van der Waals surface area contributed by atoms with Crippen LogP contribution in [0, 0.1) is 0 Å². The van der Waals surface area contributed by atoms with Gasteiger partial charge in [0.25, 0.3) is 0 Å². The lowest BCUT2D eigenvalue weighted by Gasteiger charge is -2.31. The van der Waals surface area contributed by atoms with Crippen molar-refractivity contribution in [3.05, 3.63) is 65.2 Å². The molecule has 33 heavy (non-hydrogen) atoms. The van der Waals surface area contributed by atoms with Crippen molar-refractivity contribution in [2.75, 3.05) is 31.6 Å². The Balaban J connectivity index is 1.31. The first-order valence-electron chi connectivity index (χ1n) is 11.1. The lowest BCUT2D eigenvalue weighted by Crippen LogP contribution is -2.41. The van der Waals surface area contributed by atoms with Crippen molar-refractivity contribution >= 4 is 28.2 Å². The summed E-state index contributed by atoms with van der Waals surface area (Å²) in [7, 11) is 0. The molecule has 8 heteroatoms. The number of amides is 1. The third-order valence-corrected chi connectivity index (χ3v) is 6.44. The molecule has 1 N–H and O–H groups in total. The molecule has 174 valence electrons. The standard InChI is InChI=1S/C25H28N2O5S/c1-2-30-25(29)23-20(21-9-6-14-31-21)17-33-24(23)26-22(28)15-27-12-10-19(11-13-27)32-16-18-7-4-3-5-8-18/h3-9,14,17,19H,2,10-13,15-16H2,1H3,(H,26,28). The average molecular weight is 469 g/mol. The molecular formula is C25H28N2O5S. The number of benzene rings is 1. The van der Waals surface area contributed by atoms with Crippen LogP contribution in [0.5, 0.6) is 0 Å². The highest BCUT2D eigenvalue weighted by Gasteiger charge is 2.26. The second kappa shape index (κ2) is 11.3. The number of esters is 1. The lowest BCUT2D eigenvalue weighted by atomic mass is 10.1. The van der Waals surface area contributed by atoms with E-state index in [0.717, 1.165) is 25.9 Å². The van der Waals surface area contributed by atoms with E-state index in [4.69, 9.17) is 13.9 Å². The Morgan fingerprint density at radius 3 is 2.64 bits per heavy atom. The minimum atomic E-state index is -0.475. The van der Waals surface area contributed by atoms with E-state index in [-0.39, 0.29) is 25.2 Å². The number of nitrogens with zero attached hydrogens (tertiary/aromatic N) is 1. The van der Waals surface area contributed by atoms with Crippen LogP contribution in [0.25, 0.3) is 11.3 Å². The molecule has 1 saturated heterocycles. The van der Waals surface area contributed by atoms with Crippen LogP contribution in [0.15, 0.2) is 58.5 Å². The first-order chi connectivity index (χ1) is 16.1. The number of anilines is 1. The van der Waals surface area contributed by atoms with Crippen molar-refractivity contribution in [3.8, 4) is 11.3 Å². The number of rotatable bonds is 9. The zero-order chi connectivity index (χ0) is 23.0. The largest absolute Gasteiger partial charge is 0.464 e. The molecule has 0 atom stereocenters. The summed E-state index contributed by atoms with van der Waals surface area (Å²) >= 11 is 1.29. The molecule has 1 fully saturated rings.